The Balaban J connectivity index is 1.29. The fraction of sp³-hybridized carbons (Fsp3) is 0.531. The molecule has 0 saturated carbocycles. The Morgan fingerprint density at radius 3 is 2.30 bits per heavy atom. The predicted octanol–water partition coefficient (Wildman–Crippen LogP) is 1.99. The zero-order valence-corrected chi connectivity index (χ0v) is 43.0. The van der Waals surface area contributed by atoms with Crippen LogP contribution in [-0.4, -0.2) is 161 Å². The minimum atomic E-state index is -2.14. The Bertz CT molecular complexity index is 2730. The number of benzene rings is 2. The number of carbonyl (C=O) groups excluding carboxylic acids is 5. The number of aromatic nitrogens is 3. The molecule has 1 saturated heterocycles. The van der Waals surface area contributed by atoms with Gasteiger partial charge in [-0.15, -0.1) is 16.9 Å². The molecule has 2 aromatic carbocycles. The maximum absolute atomic E-state index is 14.6. The number of aliphatic hydroxyl groups excluding tert-OH is 4. The van der Waals surface area contributed by atoms with Gasteiger partial charge in [-0.1, -0.05) is 45.9 Å². The minimum Gasteiger partial charge on any atom is -0.507 e. The minimum absolute atomic E-state index is 0.0223. The van der Waals surface area contributed by atoms with Gasteiger partial charge in [0.05, 0.1) is 47.0 Å². The second-order valence-corrected chi connectivity index (χ2v) is 19.8. The number of nitrogens with zero attached hydrogens (tertiary/aromatic N) is 3. The highest BCUT2D eigenvalue weighted by Crippen LogP contribution is 2.57. The molecule has 25 heteroatoms. The molecule has 5 bridgehead atoms. The van der Waals surface area contributed by atoms with Gasteiger partial charge in [0.1, 0.15) is 60.3 Å². The summed E-state index contributed by atoms with van der Waals surface area (Å²) < 4.78 is 35.7. The number of carbonyl (C=O) groups is 5. The number of rotatable bonds is 12. The molecular formula is C49H64N6O18S. The van der Waals surface area contributed by atoms with E-state index in [1.807, 2.05) is 0 Å². The normalized spacial score (nSPS) is 30.9. The molecule has 404 valence electrons. The first-order valence-corrected chi connectivity index (χ1v) is 24.6. The number of nitrogens with one attached hydrogen (secondary N) is 2. The Morgan fingerprint density at radius 2 is 1.65 bits per heavy atom. The third-order valence-corrected chi connectivity index (χ3v) is 14.6. The first-order valence-electron chi connectivity index (χ1n) is 23.6. The maximum atomic E-state index is 14.6. The molecule has 11 N–H and O–H groups in total. The zero-order chi connectivity index (χ0) is 54.7. The first kappa shape index (κ1) is 57.0. The van der Waals surface area contributed by atoms with Crippen LogP contribution in [0.1, 0.15) is 81.2 Å². The number of phenolic OH excluding ortho intramolecular Hbond substituents is 3. The Morgan fingerprint density at radius 1 is 0.946 bits per heavy atom. The summed E-state index contributed by atoms with van der Waals surface area (Å²) in [5.74, 6) is -11.2. The molecule has 1 aromatic heterocycles. The van der Waals surface area contributed by atoms with Crippen molar-refractivity contribution in [2.75, 3.05) is 37.9 Å². The summed E-state index contributed by atoms with van der Waals surface area (Å²) in [6, 6.07) is 0. The lowest BCUT2D eigenvalue weighted by atomic mass is 9.78. The van der Waals surface area contributed by atoms with Gasteiger partial charge in [-0.2, -0.15) is 0 Å². The van der Waals surface area contributed by atoms with Gasteiger partial charge < -0.3 is 80.5 Å². The highest BCUT2D eigenvalue weighted by atomic mass is 32.2. The van der Waals surface area contributed by atoms with Gasteiger partial charge in [-0.3, -0.25) is 24.0 Å². The zero-order valence-electron chi connectivity index (χ0n) is 42.2. The average Bonchev–Trinajstić information content (AvgIpc) is 4.04. The van der Waals surface area contributed by atoms with Crippen LogP contribution in [0.5, 0.6) is 23.0 Å². The van der Waals surface area contributed by atoms with Crippen molar-refractivity contribution in [1.82, 2.24) is 20.1 Å². The van der Waals surface area contributed by atoms with Gasteiger partial charge >= 0.3 is 11.8 Å². The molecule has 3 amide bonds. The van der Waals surface area contributed by atoms with Crippen LogP contribution >= 0.6 is 11.8 Å². The van der Waals surface area contributed by atoms with Crippen molar-refractivity contribution in [2.45, 2.75) is 115 Å². The molecule has 3 aromatic rings. The monoisotopic (exact) mass is 1060 g/mol. The van der Waals surface area contributed by atoms with Crippen molar-refractivity contribution in [3.8, 4) is 23.0 Å². The summed E-state index contributed by atoms with van der Waals surface area (Å²) in [5.41, 5.74) is 4.63. The van der Waals surface area contributed by atoms with E-state index in [1.165, 1.54) is 53.0 Å². The number of hydrogen-bond acceptors (Lipinski definition) is 21. The maximum Gasteiger partial charge on any atom is 0.312 e. The molecule has 4 aliphatic rings. The van der Waals surface area contributed by atoms with Crippen molar-refractivity contribution in [3.05, 3.63) is 59.4 Å². The van der Waals surface area contributed by atoms with Crippen molar-refractivity contribution < 1.29 is 88.1 Å². The third-order valence-electron chi connectivity index (χ3n) is 13.5. The van der Waals surface area contributed by atoms with E-state index >= 15 is 0 Å². The smallest absolute Gasteiger partial charge is 0.312 e. The van der Waals surface area contributed by atoms with E-state index in [-0.39, 0.29) is 63.1 Å². The van der Waals surface area contributed by atoms with Crippen molar-refractivity contribution in [3.63, 3.8) is 0 Å². The van der Waals surface area contributed by atoms with Gasteiger partial charge in [0.2, 0.25) is 11.7 Å². The number of nitrogens with two attached hydrogens (primary N) is 1. The number of aliphatic hydroxyl groups is 4. The average molecular weight is 1060 g/mol. The van der Waals surface area contributed by atoms with E-state index < -0.39 is 137 Å². The van der Waals surface area contributed by atoms with Crippen LogP contribution in [0, 0.1) is 30.6 Å². The van der Waals surface area contributed by atoms with Gasteiger partial charge in [0.25, 0.3) is 17.6 Å². The number of primary amides is 1. The molecule has 0 aliphatic carbocycles. The lowest BCUT2D eigenvalue weighted by Gasteiger charge is -2.38. The number of ketones is 1. The van der Waals surface area contributed by atoms with Gasteiger partial charge in [0, 0.05) is 73.4 Å². The van der Waals surface area contributed by atoms with Gasteiger partial charge in [-0.05, 0) is 19.9 Å². The summed E-state index contributed by atoms with van der Waals surface area (Å²) in [7, 11) is 1.40. The molecule has 5 heterocycles. The number of thioether (sulfide) groups is 1. The van der Waals surface area contributed by atoms with Crippen LogP contribution in [0.15, 0.2) is 47.4 Å². The standard InChI is InChI=1S/C49H64N6O18S/c1-20-11-10-12-21(2)47(67)53-33-38(62)31-30(39(63)43(33)74-16-14-51-29(57)18-69-17-28-37(61)40(64)48(72-28)55-19-52-46(54-55)45(50)66)32-42(25(6)36(31)60)73-49(8,44(32)65)70-15-13-27(68-9)22(3)41(71-26(7)56)24(5)35(59)23(4)34(20)58/h10-13,15,19-20,22-24,27-28,34-35,37,40-41,48,58-64H,14,16-18H2,1-9H3,(H2,50,66)(H,51,57)(H,53,67)/b11-10-,15-13?,21-12-/t20-,22+,23+,24+,27-,28+,34-,35+,37+,40+,41+,48+,49-/m0/s1. The molecule has 0 spiro atoms. The second kappa shape index (κ2) is 23.5. The Labute approximate surface area is 429 Å². The van der Waals surface area contributed by atoms with E-state index in [9.17, 15) is 59.7 Å². The number of fused-ring (bicyclic) bond motifs is 14. The lowest BCUT2D eigenvalue weighted by Crippen LogP contribution is -2.46. The summed E-state index contributed by atoms with van der Waals surface area (Å²) in [6.07, 6.45) is -1.16. The second-order valence-electron chi connectivity index (χ2n) is 18.7. The number of anilines is 1. The van der Waals surface area contributed by atoms with Crippen LogP contribution in [0.3, 0.4) is 0 Å². The van der Waals surface area contributed by atoms with Crippen LogP contribution in [0.25, 0.3) is 10.8 Å². The number of ether oxygens (including phenoxy) is 6. The van der Waals surface area contributed by atoms with Gasteiger partial charge in [0.15, 0.2) is 12.0 Å². The third kappa shape index (κ3) is 11.6. The number of Topliss-reactive ketones (excluding diaryl/α,β-unsaturated/α-hetero) is 1. The molecular weight excluding hydrogens is 993 g/mol. The largest absolute Gasteiger partial charge is 0.507 e. The van der Waals surface area contributed by atoms with E-state index in [0.717, 1.165) is 29.0 Å². The van der Waals surface area contributed by atoms with Crippen LogP contribution in [0.4, 0.5) is 5.69 Å². The van der Waals surface area contributed by atoms with Crippen LogP contribution < -0.4 is 21.1 Å². The Kier molecular flexibility index (Phi) is 18.1. The summed E-state index contributed by atoms with van der Waals surface area (Å²) >= 11 is 0.856. The van der Waals surface area contributed by atoms with E-state index in [4.69, 9.17) is 34.2 Å². The van der Waals surface area contributed by atoms with Crippen molar-refractivity contribution >= 4 is 57.7 Å². The fourth-order valence-electron chi connectivity index (χ4n) is 9.09. The number of phenols is 3. The molecule has 7 rings (SSSR count). The van der Waals surface area contributed by atoms with Gasteiger partial charge in [-0.25, -0.2) is 9.67 Å². The fourth-order valence-corrected chi connectivity index (χ4v) is 10.0. The Hall–Kier alpha value is -6.32. The summed E-state index contributed by atoms with van der Waals surface area (Å²) in [4.78, 5) is 68.7. The molecule has 0 unspecified atom stereocenters. The molecule has 13 atom stereocenters. The highest BCUT2D eigenvalue weighted by Gasteiger charge is 2.50. The van der Waals surface area contributed by atoms with E-state index in [2.05, 4.69) is 20.7 Å². The highest BCUT2D eigenvalue weighted by molar-refractivity contribution is 7.99. The quantitative estimate of drug-likeness (QED) is 0.0407. The molecule has 74 heavy (non-hydrogen) atoms. The predicted molar refractivity (Wildman–Crippen MR) is 263 cm³/mol. The number of allylic oxidation sites excluding steroid dienone is 2. The van der Waals surface area contributed by atoms with E-state index in [0.29, 0.717) is 0 Å². The number of aromatic hydroxyl groups is 3. The van der Waals surface area contributed by atoms with Crippen molar-refractivity contribution in [2.24, 2.45) is 29.4 Å². The van der Waals surface area contributed by atoms with Crippen LogP contribution in [0.2, 0.25) is 0 Å². The summed E-state index contributed by atoms with van der Waals surface area (Å²) in [5, 5.41) is 88.3. The van der Waals surface area contributed by atoms with Crippen molar-refractivity contribution in [1.29, 1.82) is 0 Å². The molecule has 1 fully saturated rings. The first-order chi connectivity index (χ1) is 34.8. The molecule has 4 aliphatic heterocycles. The lowest BCUT2D eigenvalue weighted by molar-refractivity contribution is -0.160. The topological polar surface area (TPSA) is 363 Å². The number of hydrogen-bond donors (Lipinski definition) is 10. The van der Waals surface area contributed by atoms with Crippen LogP contribution in [-0.2, 0) is 38.1 Å². The van der Waals surface area contributed by atoms with E-state index in [1.54, 1.807) is 33.8 Å². The summed E-state index contributed by atoms with van der Waals surface area (Å²) in [6.45, 7) is 11.2. The number of esters is 1. The molecule has 0 radical (unpaired) electrons. The number of amides is 3. The number of methoxy groups -OCH3 is 1. The molecule has 24 nitrogen and oxygen atoms in total. The SMILES string of the molecule is CO[C@H]1C=CO[C@@]2(C)Oc3c(C)c(O)c4c(O)c(c(SCCNC(=O)COC[C@H]5O[C@@H](n6cnc(C(N)=O)n6)[C@H](O)[C@@H]5O)c(O)c4c3C2=O)NC(=O)/C(C)=C\C=C/[C@H](C)[C@H](O)[C@@H](C)[C@@H](O)[C@@H](C)[C@H](OC(C)=O)[C@@H]1C.